The Labute approximate surface area is 147 Å². The normalized spacial score (nSPS) is 11.0. The number of benzene rings is 3. The fourth-order valence-corrected chi connectivity index (χ4v) is 3.62. The van der Waals surface area contributed by atoms with E-state index in [1.54, 1.807) is 54.6 Å². The molecule has 4 nitrogen and oxygen atoms in total. The van der Waals surface area contributed by atoms with Crippen LogP contribution < -0.4 is 13.6 Å². The molecule has 0 aromatic heterocycles. The number of phosphoric acid groups is 1. The third-order valence-electron chi connectivity index (χ3n) is 3.46. The highest BCUT2D eigenvalue weighted by Crippen LogP contribution is 2.50. The maximum Gasteiger partial charge on any atom is 0.647 e. The maximum absolute atomic E-state index is 13.3. The highest BCUT2D eigenvalue weighted by atomic mass is 31.2. The molecule has 0 spiro atoms. The average Bonchev–Trinajstić information content (AvgIpc) is 2.59. The highest BCUT2D eigenvalue weighted by Gasteiger charge is 2.33. The zero-order valence-electron chi connectivity index (χ0n) is 14.1. The first-order chi connectivity index (χ1) is 12.0. The summed E-state index contributed by atoms with van der Waals surface area (Å²) in [6, 6.07) is 23.3. The number of hydrogen-bond acceptors (Lipinski definition) is 4. The lowest BCUT2D eigenvalue weighted by atomic mass is 10.1. The van der Waals surface area contributed by atoms with E-state index in [-0.39, 0.29) is 0 Å². The average molecular weight is 354 g/mol. The Morgan fingerprint density at radius 1 is 0.680 bits per heavy atom. The summed E-state index contributed by atoms with van der Waals surface area (Å²) in [6.45, 7) is 3.87. The quantitative estimate of drug-likeness (QED) is 0.513. The van der Waals surface area contributed by atoms with E-state index in [2.05, 4.69) is 0 Å². The van der Waals surface area contributed by atoms with Crippen LogP contribution in [0.1, 0.15) is 11.1 Å². The Bertz CT molecular complexity index is 833. The van der Waals surface area contributed by atoms with Crippen LogP contribution in [0.5, 0.6) is 17.2 Å². The van der Waals surface area contributed by atoms with Gasteiger partial charge in [-0.05, 0) is 49.7 Å². The molecule has 0 saturated heterocycles. The van der Waals surface area contributed by atoms with Crippen LogP contribution in [0.15, 0.2) is 78.9 Å². The first-order valence-electron chi connectivity index (χ1n) is 7.90. The second kappa shape index (κ2) is 7.45. The lowest BCUT2D eigenvalue weighted by molar-refractivity contribution is 0.298. The molecule has 0 heterocycles. The Morgan fingerprint density at radius 2 is 1.20 bits per heavy atom. The van der Waals surface area contributed by atoms with E-state index >= 15 is 0 Å². The monoisotopic (exact) mass is 354 g/mol. The number of rotatable bonds is 6. The van der Waals surface area contributed by atoms with Crippen LogP contribution in [0, 0.1) is 13.8 Å². The van der Waals surface area contributed by atoms with Gasteiger partial charge in [0.05, 0.1) is 0 Å². The smallest absolute Gasteiger partial charge is 0.386 e. The minimum atomic E-state index is -3.93. The molecule has 0 N–H and O–H groups in total. The fourth-order valence-electron chi connectivity index (χ4n) is 2.30. The Morgan fingerprint density at radius 3 is 1.68 bits per heavy atom. The first kappa shape index (κ1) is 17.1. The van der Waals surface area contributed by atoms with Gasteiger partial charge >= 0.3 is 7.82 Å². The predicted octanol–water partition coefficient (Wildman–Crippen LogP) is 5.95. The summed E-state index contributed by atoms with van der Waals surface area (Å²) in [5, 5.41) is 0. The number of hydrogen-bond donors (Lipinski definition) is 0. The van der Waals surface area contributed by atoms with Crippen LogP contribution in [0.3, 0.4) is 0 Å². The van der Waals surface area contributed by atoms with Crippen molar-refractivity contribution >= 4 is 7.82 Å². The first-order valence-corrected chi connectivity index (χ1v) is 9.36. The largest absolute Gasteiger partial charge is 0.647 e. The Kier molecular flexibility index (Phi) is 5.11. The van der Waals surface area contributed by atoms with E-state index in [0.29, 0.717) is 17.2 Å². The Hall–Kier alpha value is -2.71. The third kappa shape index (κ3) is 4.65. The molecule has 0 aliphatic heterocycles. The summed E-state index contributed by atoms with van der Waals surface area (Å²) in [5.41, 5.74) is 1.95. The van der Waals surface area contributed by atoms with Crippen LogP contribution in [-0.2, 0) is 4.57 Å². The molecule has 3 aromatic rings. The van der Waals surface area contributed by atoms with Crippen molar-refractivity contribution in [1.82, 2.24) is 0 Å². The van der Waals surface area contributed by atoms with Gasteiger partial charge in [0.2, 0.25) is 0 Å². The van der Waals surface area contributed by atoms with Crippen molar-refractivity contribution in [2.24, 2.45) is 0 Å². The fraction of sp³-hybridized carbons (Fsp3) is 0.100. The zero-order valence-corrected chi connectivity index (χ0v) is 15.0. The topological polar surface area (TPSA) is 44.8 Å². The van der Waals surface area contributed by atoms with E-state index in [0.717, 1.165) is 11.1 Å². The second-order valence-corrected chi connectivity index (χ2v) is 7.06. The van der Waals surface area contributed by atoms with Gasteiger partial charge in [0.1, 0.15) is 17.2 Å². The third-order valence-corrected chi connectivity index (χ3v) is 4.75. The molecular formula is C20H19O4P. The highest BCUT2D eigenvalue weighted by molar-refractivity contribution is 7.49. The molecule has 0 unspecified atom stereocenters. The van der Waals surface area contributed by atoms with Gasteiger partial charge in [-0.3, -0.25) is 0 Å². The maximum atomic E-state index is 13.3. The van der Waals surface area contributed by atoms with E-state index in [9.17, 15) is 4.57 Å². The summed E-state index contributed by atoms with van der Waals surface area (Å²) >= 11 is 0. The van der Waals surface area contributed by atoms with Crippen LogP contribution >= 0.6 is 7.82 Å². The van der Waals surface area contributed by atoms with Crippen molar-refractivity contribution in [2.75, 3.05) is 0 Å². The summed E-state index contributed by atoms with van der Waals surface area (Å²) in [5.74, 6) is 1.28. The van der Waals surface area contributed by atoms with Gasteiger partial charge in [0.25, 0.3) is 0 Å². The van der Waals surface area contributed by atoms with Crippen LogP contribution in [0.2, 0.25) is 0 Å². The summed E-state index contributed by atoms with van der Waals surface area (Å²) < 4.78 is 30.2. The molecule has 0 amide bonds. The summed E-state index contributed by atoms with van der Waals surface area (Å²) in [4.78, 5) is 0. The molecule has 128 valence electrons. The van der Waals surface area contributed by atoms with Crippen molar-refractivity contribution in [3.8, 4) is 17.2 Å². The molecule has 0 saturated carbocycles. The molecule has 5 heteroatoms. The van der Waals surface area contributed by atoms with Crippen molar-refractivity contribution in [1.29, 1.82) is 0 Å². The SMILES string of the molecule is Cc1ccc(OP(=O)(Oc2ccccc2)Oc2ccccc2)c(C)c1. The molecule has 0 fully saturated rings. The molecule has 0 aliphatic rings. The lowest BCUT2D eigenvalue weighted by Gasteiger charge is -2.20. The predicted molar refractivity (Wildman–Crippen MR) is 98.3 cm³/mol. The van der Waals surface area contributed by atoms with Crippen LogP contribution in [-0.4, -0.2) is 0 Å². The molecular weight excluding hydrogens is 335 g/mol. The van der Waals surface area contributed by atoms with Crippen molar-refractivity contribution in [3.63, 3.8) is 0 Å². The van der Waals surface area contributed by atoms with Gasteiger partial charge in [-0.2, -0.15) is 4.57 Å². The van der Waals surface area contributed by atoms with Crippen molar-refractivity contribution in [2.45, 2.75) is 13.8 Å². The standard InChI is InChI=1S/C20H19O4P/c1-16-13-14-20(17(2)15-16)24-25(21,22-18-9-5-3-6-10-18)23-19-11-7-4-8-12-19/h3-15H,1-2H3. The van der Waals surface area contributed by atoms with Crippen LogP contribution in [0.25, 0.3) is 0 Å². The van der Waals surface area contributed by atoms with E-state index in [1.807, 2.05) is 38.1 Å². The van der Waals surface area contributed by atoms with Crippen LogP contribution in [0.4, 0.5) is 0 Å². The van der Waals surface area contributed by atoms with Crippen molar-refractivity contribution in [3.05, 3.63) is 90.0 Å². The molecule has 0 radical (unpaired) electrons. The van der Waals surface area contributed by atoms with Gasteiger partial charge in [0.15, 0.2) is 0 Å². The molecule has 0 bridgehead atoms. The number of para-hydroxylation sites is 2. The molecule has 0 aliphatic carbocycles. The van der Waals surface area contributed by atoms with Crippen molar-refractivity contribution < 1.29 is 18.1 Å². The Balaban J connectivity index is 1.91. The number of aryl methyl sites for hydroxylation is 2. The van der Waals surface area contributed by atoms with Gasteiger partial charge in [0, 0.05) is 0 Å². The minimum Gasteiger partial charge on any atom is -0.386 e. The molecule has 25 heavy (non-hydrogen) atoms. The minimum absolute atomic E-state index is 0.409. The number of phosphoric ester groups is 1. The van der Waals surface area contributed by atoms with E-state index in [4.69, 9.17) is 13.6 Å². The van der Waals surface area contributed by atoms with Gasteiger partial charge in [-0.15, -0.1) is 0 Å². The molecule has 3 rings (SSSR count). The van der Waals surface area contributed by atoms with Gasteiger partial charge in [-0.25, -0.2) is 0 Å². The summed E-state index contributed by atoms with van der Waals surface area (Å²) in [7, 11) is -3.93. The zero-order chi connectivity index (χ0) is 17.7. The van der Waals surface area contributed by atoms with E-state index < -0.39 is 7.82 Å². The van der Waals surface area contributed by atoms with Gasteiger partial charge in [-0.1, -0.05) is 54.1 Å². The van der Waals surface area contributed by atoms with E-state index in [1.165, 1.54) is 0 Å². The summed E-state index contributed by atoms with van der Waals surface area (Å²) in [6.07, 6.45) is 0. The molecule has 0 atom stereocenters. The second-order valence-electron chi connectivity index (χ2n) is 5.62. The van der Waals surface area contributed by atoms with Gasteiger partial charge < -0.3 is 13.6 Å². The lowest BCUT2D eigenvalue weighted by Crippen LogP contribution is -2.08. The molecule has 3 aromatic carbocycles.